The Morgan fingerprint density at radius 3 is 2.48 bits per heavy atom. The maximum absolute atomic E-state index is 15.5. The van der Waals surface area contributed by atoms with Gasteiger partial charge in [-0.25, -0.2) is 31.0 Å². The van der Waals surface area contributed by atoms with Crippen molar-refractivity contribution >= 4 is 55.2 Å². The average Bonchev–Trinajstić information content (AvgIpc) is 3.75. The zero-order valence-corrected chi connectivity index (χ0v) is 34.2. The summed E-state index contributed by atoms with van der Waals surface area (Å²) < 4.78 is 119. The van der Waals surface area contributed by atoms with Crippen molar-refractivity contribution in [1.82, 2.24) is 34.4 Å². The predicted octanol–water partition coefficient (Wildman–Crippen LogP) is 7.56. The van der Waals surface area contributed by atoms with Gasteiger partial charge in [-0.15, -0.1) is 0 Å². The number of hydrogen-bond acceptors (Lipinski definition) is 8. The van der Waals surface area contributed by atoms with Gasteiger partial charge in [-0.3, -0.25) is 28.2 Å². The molecule has 63 heavy (non-hydrogen) atoms. The second-order valence-electron chi connectivity index (χ2n) is 15.4. The van der Waals surface area contributed by atoms with E-state index >= 15 is 13.6 Å². The Bertz CT molecular complexity index is 3290. The Morgan fingerprint density at radius 2 is 1.78 bits per heavy atom. The van der Waals surface area contributed by atoms with Crippen LogP contribution in [0, 0.1) is 28.9 Å². The standard InChI is InChI=1S/C42H30ClF6N9O4S/c1-56-36-31(10-9-28(43)34(36)39(54-56)55-63(2,61)62)58-40(52-29-14-20(7-8-25(29)41(58)60)24-6-4-3-5-21(24)17-50)30(13-19-11-22(44)15-23(45)12-19)51-32(59)18-57-37-33(35(53-57)38(46)47)26-16-27(26)42(37,48)49/h3-12,14-15,26-27,30,38H,13,16,18H2,1-2H3,(H,51,59)(H,54,55)/t26-,27+,30-/m0/s1. The number of nitriles is 1. The van der Waals surface area contributed by atoms with Gasteiger partial charge < -0.3 is 5.32 Å². The first kappa shape index (κ1) is 41.6. The van der Waals surface area contributed by atoms with Gasteiger partial charge in [0.15, 0.2) is 5.82 Å². The number of fused-ring (bicyclic) bond motifs is 5. The van der Waals surface area contributed by atoms with Crippen LogP contribution in [0.25, 0.3) is 38.6 Å². The number of amides is 1. The number of aromatic nitrogens is 6. The first-order valence-corrected chi connectivity index (χ1v) is 21.3. The van der Waals surface area contributed by atoms with E-state index in [-0.39, 0.29) is 61.7 Å². The molecule has 2 aliphatic rings. The van der Waals surface area contributed by atoms with E-state index in [2.05, 4.69) is 26.3 Å². The second-order valence-corrected chi connectivity index (χ2v) is 17.6. The fraction of sp³-hybridized carbons (Fsp3) is 0.238. The van der Waals surface area contributed by atoms with E-state index in [0.29, 0.717) is 27.4 Å². The summed E-state index contributed by atoms with van der Waals surface area (Å²) in [7, 11) is -2.48. The van der Waals surface area contributed by atoms with Gasteiger partial charge in [0.05, 0.1) is 56.4 Å². The summed E-state index contributed by atoms with van der Waals surface area (Å²) in [6.07, 6.45) is -2.83. The van der Waals surface area contributed by atoms with E-state index in [1.54, 1.807) is 30.3 Å². The molecule has 0 aliphatic heterocycles. The summed E-state index contributed by atoms with van der Waals surface area (Å²) in [5.74, 6) is -9.16. The van der Waals surface area contributed by atoms with E-state index in [1.165, 1.54) is 36.0 Å². The van der Waals surface area contributed by atoms with Crippen LogP contribution in [0.1, 0.15) is 58.7 Å². The summed E-state index contributed by atoms with van der Waals surface area (Å²) in [4.78, 5) is 34.1. The first-order chi connectivity index (χ1) is 29.8. The molecule has 7 aromatic rings. The first-order valence-electron chi connectivity index (χ1n) is 19.1. The number of benzene rings is 4. The minimum Gasteiger partial charge on any atom is -0.344 e. The average molecular weight is 906 g/mol. The van der Waals surface area contributed by atoms with Crippen LogP contribution >= 0.6 is 11.6 Å². The molecule has 0 radical (unpaired) electrons. The van der Waals surface area contributed by atoms with Crippen LogP contribution in [0.5, 0.6) is 0 Å². The van der Waals surface area contributed by atoms with Gasteiger partial charge in [0.25, 0.3) is 17.9 Å². The highest BCUT2D eigenvalue weighted by Gasteiger charge is 2.67. The maximum Gasteiger partial charge on any atom is 0.293 e. The number of nitrogens with one attached hydrogen (secondary N) is 2. The van der Waals surface area contributed by atoms with Crippen LogP contribution in [0.15, 0.2) is 77.6 Å². The number of aryl methyl sites for hydroxylation is 1. The zero-order valence-electron chi connectivity index (χ0n) is 32.7. The lowest BCUT2D eigenvalue weighted by Gasteiger charge is -2.24. The molecule has 3 atom stereocenters. The Balaban J connectivity index is 1.27. The lowest BCUT2D eigenvalue weighted by Crippen LogP contribution is -2.38. The number of halogens is 7. The molecule has 4 aromatic carbocycles. The van der Waals surface area contributed by atoms with Crippen molar-refractivity contribution in [3.63, 3.8) is 0 Å². The minimum atomic E-state index is -3.93. The molecular formula is C42H30ClF6N9O4S. The van der Waals surface area contributed by atoms with Crippen molar-refractivity contribution in [1.29, 1.82) is 5.26 Å². The van der Waals surface area contributed by atoms with Gasteiger partial charge in [-0.1, -0.05) is 35.9 Å². The molecule has 1 fully saturated rings. The minimum absolute atomic E-state index is 0.00531. The normalized spacial score (nSPS) is 16.8. The molecule has 13 nitrogen and oxygen atoms in total. The molecule has 3 heterocycles. The number of rotatable bonds is 11. The van der Waals surface area contributed by atoms with Crippen LogP contribution in [-0.4, -0.2) is 49.7 Å². The molecule has 0 spiro atoms. The number of anilines is 1. The highest BCUT2D eigenvalue weighted by atomic mass is 35.5. The van der Waals surface area contributed by atoms with Gasteiger partial charge in [0.2, 0.25) is 15.9 Å². The van der Waals surface area contributed by atoms with Crippen LogP contribution in [0.3, 0.4) is 0 Å². The highest BCUT2D eigenvalue weighted by molar-refractivity contribution is 7.92. The zero-order chi connectivity index (χ0) is 44.9. The largest absolute Gasteiger partial charge is 0.344 e. The predicted molar refractivity (Wildman–Crippen MR) is 218 cm³/mol. The van der Waals surface area contributed by atoms with E-state index < -0.39 is 87.7 Å². The topological polar surface area (TPSA) is 170 Å². The fourth-order valence-electron chi connectivity index (χ4n) is 8.58. The number of carbonyl (C=O) groups excluding carboxylic acids is 1. The molecule has 3 aromatic heterocycles. The van der Waals surface area contributed by atoms with Crippen LogP contribution in [-0.2, 0) is 40.8 Å². The third-order valence-corrected chi connectivity index (χ3v) is 12.0. The quantitative estimate of drug-likeness (QED) is 0.125. The van der Waals surface area contributed by atoms with Crippen LogP contribution in [0.2, 0.25) is 5.02 Å². The van der Waals surface area contributed by atoms with Gasteiger partial charge in [-0.05, 0) is 71.5 Å². The van der Waals surface area contributed by atoms with Gasteiger partial charge in [-0.2, -0.15) is 24.2 Å². The molecule has 2 aliphatic carbocycles. The SMILES string of the molecule is Cn1nc(NS(C)(=O)=O)c2c(Cl)ccc(-n3c([C@H](Cc4cc(F)cc(F)c4)NC(=O)Cn4nc(C(F)F)c5c4C(F)(F)[C@@H]4C[C@H]54)nc4cc(-c5ccccc5C#N)ccc4c3=O)c21. The van der Waals surface area contributed by atoms with E-state index in [4.69, 9.17) is 16.6 Å². The molecule has 1 saturated carbocycles. The smallest absolute Gasteiger partial charge is 0.293 e. The summed E-state index contributed by atoms with van der Waals surface area (Å²) in [5, 5.41) is 20.6. The van der Waals surface area contributed by atoms with Gasteiger partial charge in [0, 0.05) is 31.0 Å². The van der Waals surface area contributed by atoms with E-state index in [9.17, 15) is 36.0 Å². The van der Waals surface area contributed by atoms with Crippen molar-refractivity contribution < 1.29 is 39.6 Å². The molecule has 0 bridgehead atoms. The Morgan fingerprint density at radius 1 is 1.05 bits per heavy atom. The summed E-state index contributed by atoms with van der Waals surface area (Å²) in [6, 6.07) is 17.1. The summed E-state index contributed by atoms with van der Waals surface area (Å²) in [6.45, 7) is -1.00. The Labute approximate surface area is 357 Å². The molecule has 2 N–H and O–H groups in total. The third kappa shape index (κ3) is 7.23. The Hall–Kier alpha value is -6.72. The number of hydrogen-bond donors (Lipinski definition) is 2. The molecule has 9 rings (SSSR count). The van der Waals surface area contributed by atoms with Gasteiger partial charge in [0.1, 0.15) is 35.4 Å². The fourth-order valence-corrected chi connectivity index (χ4v) is 9.32. The second kappa shape index (κ2) is 15.0. The number of sulfonamides is 1. The van der Waals surface area contributed by atoms with Crippen LogP contribution in [0.4, 0.5) is 32.2 Å². The van der Waals surface area contributed by atoms with Crippen molar-refractivity contribution in [2.75, 3.05) is 11.0 Å². The number of carbonyl (C=O) groups is 1. The molecule has 21 heteroatoms. The molecule has 1 amide bonds. The molecule has 0 saturated heterocycles. The van der Waals surface area contributed by atoms with Crippen molar-refractivity contribution in [3.05, 3.63) is 134 Å². The monoisotopic (exact) mass is 905 g/mol. The highest BCUT2D eigenvalue weighted by Crippen LogP contribution is 2.68. The summed E-state index contributed by atoms with van der Waals surface area (Å²) in [5.41, 5.74) is -1.43. The molecule has 0 unspecified atom stereocenters. The number of alkyl halides is 4. The van der Waals surface area contributed by atoms with Crippen molar-refractivity contribution in [2.24, 2.45) is 13.0 Å². The van der Waals surface area contributed by atoms with Crippen molar-refractivity contribution in [2.45, 2.75) is 43.7 Å². The Kier molecular flexibility index (Phi) is 9.90. The molecular weight excluding hydrogens is 876 g/mol. The maximum atomic E-state index is 15.5. The third-order valence-electron chi connectivity index (χ3n) is 11.2. The van der Waals surface area contributed by atoms with E-state index in [1.807, 2.05) is 0 Å². The van der Waals surface area contributed by atoms with Gasteiger partial charge >= 0.3 is 0 Å². The van der Waals surface area contributed by atoms with Crippen LogP contribution < -0.4 is 15.6 Å². The number of nitrogens with zero attached hydrogens (tertiary/aromatic N) is 7. The molecule has 322 valence electrons. The lowest BCUT2D eigenvalue weighted by molar-refractivity contribution is -0.123. The van der Waals surface area contributed by atoms with Crippen molar-refractivity contribution in [3.8, 4) is 22.9 Å². The lowest BCUT2D eigenvalue weighted by atomic mass is 9.99. The summed E-state index contributed by atoms with van der Waals surface area (Å²) >= 11 is 6.63. The van der Waals surface area contributed by atoms with E-state index in [0.717, 1.165) is 23.0 Å².